The maximum Gasteiger partial charge on any atom is 0.681 e. The molecule has 0 heterocycles. The van der Waals surface area contributed by atoms with Crippen LogP contribution in [0.3, 0.4) is 0 Å². The van der Waals surface area contributed by atoms with Crippen molar-refractivity contribution in [2.24, 2.45) is 0 Å². The Labute approximate surface area is 139 Å². The van der Waals surface area contributed by atoms with E-state index in [-0.39, 0.29) is 5.60 Å². The fraction of sp³-hybridized carbons (Fsp3) is 1.00. The molecule has 0 saturated carbocycles. The first-order chi connectivity index (χ1) is 9.39. The van der Waals surface area contributed by atoms with Gasteiger partial charge in [-0.2, -0.15) is 0 Å². The molecular formula is C17H38O4Si. The first-order valence-corrected chi connectivity index (χ1v) is 9.83. The van der Waals surface area contributed by atoms with Crippen LogP contribution in [0.25, 0.3) is 0 Å². The lowest BCUT2D eigenvalue weighted by Gasteiger charge is -2.44. The van der Waals surface area contributed by atoms with Crippen molar-refractivity contribution in [1.82, 2.24) is 0 Å². The fourth-order valence-electron chi connectivity index (χ4n) is 1.66. The first kappa shape index (κ1) is 22.1. The zero-order chi connectivity index (χ0) is 18.0. The summed E-state index contributed by atoms with van der Waals surface area (Å²) in [6, 6.07) is 0. The molecule has 0 aliphatic heterocycles. The van der Waals surface area contributed by atoms with E-state index in [9.17, 15) is 0 Å². The summed E-state index contributed by atoms with van der Waals surface area (Å²) in [6.07, 6.45) is 0.844. The Hall–Kier alpha value is 0.0569. The predicted molar refractivity (Wildman–Crippen MR) is 93.7 cm³/mol. The second-order valence-electron chi connectivity index (χ2n) is 9.36. The van der Waals surface area contributed by atoms with Crippen LogP contribution in [0, 0.1) is 0 Å². The quantitative estimate of drug-likeness (QED) is 0.635. The van der Waals surface area contributed by atoms with Crippen molar-refractivity contribution < 1.29 is 17.7 Å². The molecule has 22 heavy (non-hydrogen) atoms. The molecule has 0 aromatic rings. The predicted octanol–water partition coefficient (Wildman–Crippen LogP) is 5.07. The Morgan fingerprint density at radius 1 is 0.545 bits per heavy atom. The second-order valence-corrected chi connectivity index (χ2v) is 11.2. The van der Waals surface area contributed by atoms with Crippen molar-refractivity contribution >= 4 is 9.05 Å². The molecule has 0 saturated heterocycles. The topological polar surface area (TPSA) is 36.9 Å². The summed E-state index contributed by atoms with van der Waals surface area (Å²) in [5.74, 6) is 0. The van der Waals surface area contributed by atoms with E-state index in [2.05, 4.69) is 6.92 Å². The summed E-state index contributed by atoms with van der Waals surface area (Å²) >= 11 is 0. The summed E-state index contributed by atoms with van der Waals surface area (Å²) in [4.78, 5) is 0. The number of rotatable bonds is 6. The Bertz CT molecular complexity index is 304. The molecule has 0 aliphatic rings. The van der Waals surface area contributed by atoms with Crippen LogP contribution in [0.2, 0.25) is 0 Å². The van der Waals surface area contributed by atoms with Gasteiger partial charge in [0.1, 0.15) is 0 Å². The number of hydrogen-bond acceptors (Lipinski definition) is 4. The summed E-state index contributed by atoms with van der Waals surface area (Å²) in [7, 11) is -3.36. The first-order valence-electron chi connectivity index (χ1n) is 8.19. The molecule has 0 unspecified atom stereocenters. The van der Waals surface area contributed by atoms with Crippen LogP contribution in [0.15, 0.2) is 0 Å². The van der Waals surface area contributed by atoms with E-state index in [0.29, 0.717) is 0 Å². The van der Waals surface area contributed by atoms with Crippen molar-refractivity contribution in [3.05, 3.63) is 0 Å². The third kappa shape index (κ3) is 9.95. The van der Waals surface area contributed by atoms with Crippen molar-refractivity contribution in [3.8, 4) is 0 Å². The zero-order valence-electron chi connectivity index (χ0n) is 16.8. The van der Waals surface area contributed by atoms with Crippen LogP contribution in [0.4, 0.5) is 0 Å². The molecule has 0 amide bonds. The van der Waals surface area contributed by atoms with Gasteiger partial charge < -0.3 is 17.7 Å². The van der Waals surface area contributed by atoms with E-state index in [4.69, 9.17) is 17.7 Å². The lowest BCUT2D eigenvalue weighted by Crippen LogP contribution is -2.62. The highest BCUT2D eigenvalue weighted by Crippen LogP contribution is 2.33. The summed E-state index contributed by atoms with van der Waals surface area (Å²) in [5.41, 5.74) is -1.65. The van der Waals surface area contributed by atoms with Crippen molar-refractivity contribution in [2.75, 3.05) is 0 Å². The highest BCUT2D eigenvalue weighted by atomic mass is 28.4. The van der Waals surface area contributed by atoms with Crippen LogP contribution in [-0.2, 0) is 17.7 Å². The van der Waals surface area contributed by atoms with Gasteiger partial charge in [0, 0.05) is 0 Å². The van der Waals surface area contributed by atoms with E-state index in [0.717, 1.165) is 6.42 Å². The summed E-state index contributed by atoms with van der Waals surface area (Å²) in [5, 5.41) is 0. The molecule has 0 aromatic carbocycles. The molecular weight excluding hydrogens is 296 g/mol. The molecule has 0 fully saturated rings. The molecule has 5 heteroatoms. The van der Waals surface area contributed by atoms with Crippen LogP contribution < -0.4 is 0 Å². The van der Waals surface area contributed by atoms with Crippen molar-refractivity contribution in [1.29, 1.82) is 0 Å². The lowest BCUT2D eigenvalue weighted by atomic mass is 10.1. The van der Waals surface area contributed by atoms with Crippen LogP contribution >= 0.6 is 0 Å². The van der Waals surface area contributed by atoms with Gasteiger partial charge in [0.15, 0.2) is 0 Å². The van der Waals surface area contributed by atoms with Gasteiger partial charge in [0.25, 0.3) is 0 Å². The van der Waals surface area contributed by atoms with E-state index >= 15 is 0 Å². The monoisotopic (exact) mass is 334 g/mol. The second kappa shape index (κ2) is 6.89. The molecule has 134 valence electrons. The molecule has 0 aliphatic carbocycles. The fourth-order valence-corrected chi connectivity index (χ4v) is 4.98. The van der Waals surface area contributed by atoms with Gasteiger partial charge in [0.2, 0.25) is 0 Å². The average Bonchev–Trinajstić information content (AvgIpc) is 2.06. The Balaban J connectivity index is 5.79. The molecule has 0 rings (SSSR count). The van der Waals surface area contributed by atoms with Crippen LogP contribution in [0.1, 0.15) is 89.5 Å². The van der Waals surface area contributed by atoms with E-state index in [1.54, 1.807) is 0 Å². The maximum atomic E-state index is 6.38. The number of hydrogen-bond donors (Lipinski definition) is 0. The molecule has 0 atom stereocenters. The Kier molecular flexibility index (Phi) is 6.91. The third-order valence-electron chi connectivity index (χ3n) is 2.55. The molecule has 4 nitrogen and oxygen atoms in total. The molecule has 0 N–H and O–H groups in total. The highest BCUT2D eigenvalue weighted by molar-refractivity contribution is 6.54. The summed E-state index contributed by atoms with van der Waals surface area (Å²) in [6.45, 7) is 24.1. The Morgan fingerprint density at radius 3 is 1.00 bits per heavy atom. The van der Waals surface area contributed by atoms with Gasteiger partial charge in [-0.05, 0) is 82.6 Å². The maximum absolute atomic E-state index is 6.38. The van der Waals surface area contributed by atoms with Gasteiger partial charge >= 0.3 is 9.05 Å². The molecule has 0 bridgehead atoms. The lowest BCUT2D eigenvalue weighted by molar-refractivity contribution is -0.159. The van der Waals surface area contributed by atoms with Gasteiger partial charge in [-0.15, -0.1) is 0 Å². The minimum Gasteiger partial charge on any atom is -0.346 e. The smallest absolute Gasteiger partial charge is 0.346 e. The highest BCUT2D eigenvalue weighted by Gasteiger charge is 2.56. The standard InChI is InChI=1S/C17H38O4Si/c1-13-17(11,12)21-22(18-14(2,3)4,19-15(5,6)7)20-16(8,9)10/h13H2,1-12H3. The van der Waals surface area contributed by atoms with Gasteiger partial charge in [0.05, 0.1) is 22.4 Å². The SMILES string of the molecule is CCC(C)(C)O[Si](OC(C)(C)C)(OC(C)(C)C)OC(C)(C)C. The largest absolute Gasteiger partial charge is 0.681 e. The van der Waals surface area contributed by atoms with Crippen molar-refractivity contribution in [3.63, 3.8) is 0 Å². The van der Waals surface area contributed by atoms with Gasteiger partial charge in [-0.1, -0.05) is 6.92 Å². The normalized spacial score (nSPS) is 15.3. The zero-order valence-corrected chi connectivity index (χ0v) is 17.8. The average molecular weight is 335 g/mol. The van der Waals surface area contributed by atoms with E-state index in [1.165, 1.54) is 0 Å². The van der Waals surface area contributed by atoms with Gasteiger partial charge in [-0.25, -0.2) is 0 Å². The van der Waals surface area contributed by atoms with Crippen LogP contribution in [0.5, 0.6) is 0 Å². The minimum atomic E-state index is -3.36. The van der Waals surface area contributed by atoms with E-state index in [1.807, 2.05) is 76.2 Å². The summed E-state index contributed by atoms with van der Waals surface area (Å²) < 4.78 is 25.2. The van der Waals surface area contributed by atoms with Crippen molar-refractivity contribution in [2.45, 2.75) is 112 Å². The van der Waals surface area contributed by atoms with Crippen LogP contribution in [-0.4, -0.2) is 31.5 Å². The Morgan fingerprint density at radius 2 is 0.818 bits per heavy atom. The molecule has 0 spiro atoms. The molecule has 0 aromatic heterocycles. The van der Waals surface area contributed by atoms with E-state index < -0.39 is 25.9 Å². The third-order valence-corrected chi connectivity index (χ3v) is 5.94. The molecule has 0 radical (unpaired) electrons. The minimum absolute atomic E-state index is 0.381. The van der Waals surface area contributed by atoms with Gasteiger partial charge in [-0.3, -0.25) is 0 Å².